The molecule has 2 aromatic rings. The molecule has 0 fully saturated rings. The van der Waals surface area contributed by atoms with Crippen molar-refractivity contribution in [1.29, 1.82) is 0 Å². The van der Waals surface area contributed by atoms with Crippen LogP contribution >= 0.6 is 23.2 Å². The summed E-state index contributed by atoms with van der Waals surface area (Å²) in [7, 11) is 0. The minimum absolute atomic E-state index is 0.466. The van der Waals surface area contributed by atoms with Gasteiger partial charge in [-0.2, -0.15) is 0 Å². The van der Waals surface area contributed by atoms with Crippen molar-refractivity contribution in [2.24, 2.45) is 0 Å². The number of hydrogen-bond acceptors (Lipinski definition) is 3. The summed E-state index contributed by atoms with van der Waals surface area (Å²) in [4.78, 5) is 0. The molecule has 1 N–H and O–H groups in total. The van der Waals surface area contributed by atoms with E-state index < -0.39 is 5.60 Å². The fraction of sp³-hybridized carbons (Fsp3) is 0.273. The number of halogens is 2. The van der Waals surface area contributed by atoms with Gasteiger partial charge in [-0.3, -0.25) is 0 Å². The highest BCUT2D eigenvalue weighted by molar-refractivity contribution is 6.34. The van der Waals surface area contributed by atoms with Gasteiger partial charge in [-0.05, 0) is 32.0 Å². The predicted octanol–water partition coefficient (Wildman–Crippen LogP) is 2.80. The van der Waals surface area contributed by atoms with E-state index >= 15 is 0 Å². The Labute approximate surface area is 109 Å². The van der Waals surface area contributed by atoms with Gasteiger partial charge in [0.05, 0.1) is 16.9 Å². The molecule has 0 saturated heterocycles. The molecule has 2 rings (SSSR count). The van der Waals surface area contributed by atoms with Crippen molar-refractivity contribution in [3.63, 3.8) is 0 Å². The molecule has 0 aliphatic rings. The zero-order valence-electron chi connectivity index (χ0n) is 9.35. The highest BCUT2D eigenvalue weighted by atomic mass is 35.5. The molecule has 0 amide bonds. The molecule has 17 heavy (non-hydrogen) atoms. The number of aromatic nitrogens is 3. The Morgan fingerprint density at radius 2 is 2.00 bits per heavy atom. The van der Waals surface area contributed by atoms with E-state index in [1.165, 1.54) is 4.68 Å². The largest absolute Gasteiger partial charge is 0.384 e. The molecule has 1 aromatic heterocycles. The molecular formula is C11H11Cl2N3O. The molecule has 0 bridgehead atoms. The first-order valence-electron chi connectivity index (χ1n) is 4.98. The highest BCUT2D eigenvalue weighted by Gasteiger charge is 2.20. The van der Waals surface area contributed by atoms with Crippen molar-refractivity contribution in [2.75, 3.05) is 0 Å². The fourth-order valence-electron chi connectivity index (χ4n) is 1.32. The Morgan fingerprint density at radius 3 is 2.59 bits per heavy atom. The van der Waals surface area contributed by atoms with Gasteiger partial charge in [0.1, 0.15) is 11.3 Å². The summed E-state index contributed by atoms with van der Waals surface area (Å²) in [6, 6.07) is 5.07. The maximum atomic E-state index is 9.80. The summed E-state index contributed by atoms with van der Waals surface area (Å²) in [5.41, 5.74) is 0.0549. The van der Waals surface area contributed by atoms with Crippen LogP contribution < -0.4 is 0 Å². The second-order valence-electron chi connectivity index (χ2n) is 4.20. The number of benzene rings is 1. The molecular weight excluding hydrogens is 261 g/mol. The van der Waals surface area contributed by atoms with E-state index in [0.29, 0.717) is 21.4 Å². The van der Waals surface area contributed by atoms with Crippen LogP contribution in [0.4, 0.5) is 0 Å². The topological polar surface area (TPSA) is 50.9 Å². The van der Waals surface area contributed by atoms with E-state index in [2.05, 4.69) is 10.3 Å². The van der Waals surface area contributed by atoms with Crippen LogP contribution in [0, 0.1) is 0 Å². The second-order valence-corrected chi connectivity index (χ2v) is 5.05. The number of hydrogen-bond donors (Lipinski definition) is 1. The summed E-state index contributed by atoms with van der Waals surface area (Å²) in [6.45, 7) is 3.28. The number of nitrogens with zero attached hydrogens (tertiary/aromatic N) is 3. The van der Waals surface area contributed by atoms with Crippen LogP contribution in [0.5, 0.6) is 0 Å². The zero-order valence-corrected chi connectivity index (χ0v) is 10.9. The van der Waals surface area contributed by atoms with Gasteiger partial charge in [0, 0.05) is 5.02 Å². The predicted molar refractivity (Wildman–Crippen MR) is 66.6 cm³/mol. The third kappa shape index (κ3) is 2.60. The van der Waals surface area contributed by atoms with Gasteiger partial charge in [-0.1, -0.05) is 28.4 Å². The Bertz CT molecular complexity index is 546. The lowest BCUT2D eigenvalue weighted by molar-refractivity contribution is 0.0737. The second kappa shape index (κ2) is 4.29. The van der Waals surface area contributed by atoms with Crippen LogP contribution in [0.25, 0.3) is 5.69 Å². The molecule has 90 valence electrons. The minimum Gasteiger partial charge on any atom is -0.384 e. The monoisotopic (exact) mass is 271 g/mol. The molecule has 0 spiro atoms. The molecule has 4 nitrogen and oxygen atoms in total. The van der Waals surface area contributed by atoms with Crippen molar-refractivity contribution >= 4 is 23.2 Å². The van der Waals surface area contributed by atoms with Gasteiger partial charge >= 0.3 is 0 Å². The molecule has 0 unspecified atom stereocenters. The summed E-state index contributed by atoms with van der Waals surface area (Å²) in [5.74, 6) is 0. The van der Waals surface area contributed by atoms with Gasteiger partial charge in [0.15, 0.2) is 0 Å². The van der Waals surface area contributed by atoms with Gasteiger partial charge in [-0.25, -0.2) is 4.68 Å². The molecule has 1 aromatic carbocycles. The van der Waals surface area contributed by atoms with Crippen LogP contribution in [-0.4, -0.2) is 20.1 Å². The molecule has 0 aliphatic heterocycles. The van der Waals surface area contributed by atoms with E-state index in [9.17, 15) is 5.11 Å². The van der Waals surface area contributed by atoms with E-state index in [1.807, 2.05) is 0 Å². The SMILES string of the molecule is CC(C)(O)c1cn(-c2cc(Cl)ccc2Cl)nn1. The van der Waals surface area contributed by atoms with Crippen LogP contribution in [-0.2, 0) is 5.60 Å². The van der Waals surface area contributed by atoms with Crippen molar-refractivity contribution in [3.05, 3.63) is 40.1 Å². The average molecular weight is 272 g/mol. The molecule has 6 heteroatoms. The first-order valence-corrected chi connectivity index (χ1v) is 5.74. The summed E-state index contributed by atoms with van der Waals surface area (Å²) in [6.07, 6.45) is 1.62. The van der Waals surface area contributed by atoms with Crippen LogP contribution in [0.2, 0.25) is 10.0 Å². The van der Waals surface area contributed by atoms with E-state index in [1.54, 1.807) is 38.2 Å². The minimum atomic E-state index is -1.04. The maximum Gasteiger partial charge on any atom is 0.114 e. The third-order valence-corrected chi connectivity index (χ3v) is 2.83. The van der Waals surface area contributed by atoms with Gasteiger partial charge in [0.2, 0.25) is 0 Å². The Morgan fingerprint density at radius 1 is 1.29 bits per heavy atom. The molecule has 0 saturated carbocycles. The highest BCUT2D eigenvalue weighted by Crippen LogP contribution is 2.25. The van der Waals surface area contributed by atoms with Crippen LogP contribution in [0.1, 0.15) is 19.5 Å². The van der Waals surface area contributed by atoms with E-state index in [0.717, 1.165) is 0 Å². The Balaban J connectivity index is 2.47. The lowest BCUT2D eigenvalue weighted by Crippen LogP contribution is -2.15. The molecule has 0 atom stereocenters. The summed E-state index contributed by atoms with van der Waals surface area (Å²) >= 11 is 11.9. The maximum absolute atomic E-state index is 9.80. The molecule has 0 aliphatic carbocycles. The summed E-state index contributed by atoms with van der Waals surface area (Å²) < 4.78 is 1.49. The molecule has 1 heterocycles. The van der Waals surface area contributed by atoms with Crippen molar-refractivity contribution in [2.45, 2.75) is 19.4 Å². The number of aliphatic hydroxyl groups is 1. The van der Waals surface area contributed by atoms with E-state index in [-0.39, 0.29) is 0 Å². The zero-order chi connectivity index (χ0) is 12.6. The normalized spacial score (nSPS) is 11.8. The molecule has 0 radical (unpaired) electrons. The first-order chi connectivity index (χ1) is 7.88. The lowest BCUT2D eigenvalue weighted by Gasteiger charge is -2.11. The Kier molecular flexibility index (Phi) is 3.12. The van der Waals surface area contributed by atoms with Gasteiger partial charge in [0.25, 0.3) is 0 Å². The van der Waals surface area contributed by atoms with Crippen molar-refractivity contribution < 1.29 is 5.11 Å². The standard InChI is InChI=1S/C11H11Cl2N3O/c1-11(2,17)10-6-16(15-14-10)9-5-7(12)3-4-8(9)13/h3-6,17H,1-2H3. The van der Waals surface area contributed by atoms with E-state index in [4.69, 9.17) is 23.2 Å². The van der Waals surface area contributed by atoms with Crippen molar-refractivity contribution in [1.82, 2.24) is 15.0 Å². The van der Waals surface area contributed by atoms with Crippen molar-refractivity contribution in [3.8, 4) is 5.69 Å². The van der Waals surface area contributed by atoms with Gasteiger partial charge < -0.3 is 5.11 Å². The fourth-order valence-corrected chi connectivity index (χ4v) is 1.69. The van der Waals surface area contributed by atoms with Crippen LogP contribution in [0.3, 0.4) is 0 Å². The van der Waals surface area contributed by atoms with Crippen LogP contribution in [0.15, 0.2) is 24.4 Å². The quantitative estimate of drug-likeness (QED) is 0.914. The average Bonchev–Trinajstić information content (AvgIpc) is 2.70. The lowest BCUT2D eigenvalue weighted by atomic mass is 10.1. The van der Waals surface area contributed by atoms with Gasteiger partial charge in [-0.15, -0.1) is 5.10 Å². The Hall–Kier alpha value is -1.10. The smallest absolute Gasteiger partial charge is 0.114 e. The first kappa shape index (κ1) is 12.4. The third-order valence-electron chi connectivity index (χ3n) is 2.28. The number of rotatable bonds is 2. The summed E-state index contributed by atoms with van der Waals surface area (Å²) in [5, 5.41) is 18.7.